The van der Waals surface area contributed by atoms with E-state index in [1.54, 1.807) is 30.3 Å². The zero-order valence-electron chi connectivity index (χ0n) is 13.3. The van der Waals surface area contributed by atoms with E-state index in [2.05, 4.69) is 9.82 Å². The number of nitrogens with zero attached hydrogens (tertiary/aromatic N) is 2. The van der Waals surface area contributed by atoms with Crippen LogP contribution in [0, 0.1) is 12.7 Å². The van der Waals surface area contributed by atoms with E-state index in [9.17, 15) is 12.8 Å². The molecule has 0 unspecified atom stereocenters. The van der Waals surface area contributed by atoms with Crippen molar-refractivity contribution in [1.82, 2.24) is 9.78 Å². The van der Waals surface area contributed by atoms with Crippen LogP contribution in [0.3, 0.4) is 0 Å². The average molecular weight is 380 g/mol. The van der Waals surface area contributed by atoms with Gasteiger partial charge in [-0.05, 0) is 25.1 Å². The van der Waals surface area contributed by atoms with E-state index >= 15 is 0 Å². The smallest absolute Gasteiger partial charge is 0.263 e. The fourth-order valence-corrected chi connectivity index (χ4v) is 3.52. The van der Waals surface area contributed by atoms with Crippen LogP contribution in [-0.2, 0) is 16.6 Å². The van der Waals surface area contributed by atoms with Gasteiger partial charge in [0.1, 0.15) is 10.8 Å². The highest BCUT2D eigenvalue weighted by Crippen LogP contribution is 2.23. The molecule has 25 heavy (non-hydrogen) atoms. The summed E-state index contributed by atoms with van der Waals surface area (Å²) in [5.74, 6) is -0.366. The zero-order valence-corrected chi connectivity index (χ0v) is 14.9. The first-order valence-electron chi connectivity index (χ1n) is 7.41. The molecule has 0 fully saturated rings. The molecule has 1 heterocycles. The van der Waals surface area contributed by atoms with Crippen LogP contribution in [0.5, 0.6) is 0 Å². The molecule has 0 amide bonds. The van der Waals surface area contributed by atoms with E-state index < -0.39 is 10.0 Å². The lowest BCUT2D eigenvalue weighted by atomic mass is 10.2. The molecule has 0 aliphatic heterocycles. The van der Waals surface area contributed by atoms with Crippen LogP contribution in [0.2, 0.25) is 5.02 Å². The predicted octanol–water partition coefficient (Wildman–Crippen LogP) is 3.83. The van der Waals surface area contributed by atoms with Gasteiger partial charge in [-0.2, -0.15) is 5.10 Å². The molecule has 0 saturated heterocycles. The largest absolute Gasteiger partial charge is 0.265 e. The van der Waals surface area contributed by atoms with Gasteiger partial charge >= 0.3 is 0 Å². The van der Waals surface area contributed by atoms with Gasteiger partial charge in [0.15, 0.2) is 5.82 Å². The monoisotopic (exact) mass is 379 g/mol. The summed E-state index contributed by atoms with van der Waals surface area (Å²) < 4.78 is 42.3. The summed E-state index contributed by atoms with van der Waals surface area (Å²) in [7, 11) is -3.80. The predicted molar refractivity (Wildman–Crippen MR) is 94.7 cm³/mol. The molecule has 1 aromatic heterocycles. The SMILES string of the molecule is Cc1ccc(S(=O)(=O)Nc2nn(Cc3ccccc3F)cc2Cl)cc1. The Labute approximate surface area is 150 Å². The standard InChI is InChI=1S/C17H15ClFN3O2S/c1-12-6-8-14(9-7-12)25(23,24)21-17-15(18)11-22(20-17)10-13-4-2-3-5-16(13)19/h2-9,11H,10H2,1H3,(H,20,21). The average Bonchev–Trinajstić information content (AvgIpc) is 2.89. The second kappa shape index (κ2) is 6.85. The number of hydrogen-bond acceptors (Lipinski definition) is 3. The van der Waals surface area contributed by atoms with Crippen molar-refractivity contribution in [2.24, 2.45) is 0 Å². The number of rotatable bonds is 5. The summed E-state index contributed by atoms with van der Waals surface area (Å²) in [4.78, 5) is 0.109. The molecule has 2 aromatic carbocycles. The van der Waals surface area contributed by atoms with Crippen LogP contribution in [0.1, 0.15) is 11.1 Å². The molecule has 1 N–H and O–H groups in total. The van der Waals surface area contributed by atoms with Gasteiger partial charge in [0.25, 0.3) is 10.0 Å². The molecule has 0 spiro atoms. The Morgan fingerprint density at radius 3 is 2.52 bits per heavy atom. The number of benzene rings is 2. The Kier molecular flexibility index (Phi) is 4.78. The Hall–Kier alpha value is -2.38. The van der Waals surface area contributed by atoms with Crippen molar-refractivity contribution in [3.8, 4) is 0 Å². The molecule has 0 aliphatic rings. The summed E-state index contributed by atoms with van der Waals surface area (Å²) in [5, 5.41) is 4.23. The van der Waals surface area contributed by atoms with Gasteiger partial charge in [0.2, 0.25) is 0 Å². The molecule has 0 atom stereocenters. The normalized spacial score (nSPS) is 11.5. The highest BCUT2D eigenvalue weighted by Gasteiger charge is 2.18. The van der Waals surface area contributed by atoms with Gasteiger partial charge in [-0.15, -0.1) is 0 Å². The maximum atomic E-state index is 13.7. The Morgan fingerprint density at radius 1 is 1.16 bits per heavy atom. The molecule has 0 aliphatic carbocycles. The number of halogens is 2. The summed E-state index contributed by atoms with van der Waals surface area (Å²) in [5.41, 5.74) is 1.38. The number of sulfonamides is 1. The maximum absolute atomic E-state index is 13.7. The van der Waals surface area contributed by atoms with Crippen LogP contribution in [0.15, 0.2) is 59.6 Å². The summed E-state index contributed by atoms with van der Waals surface area (Å²) in [6, 6.07) is 12.7. The van der Waals surface area contributed by atoms with Crippen LogP contribution >= 0.6 is 11.6 Å². The molecule has 8 heteroatoms. The van der Waals surface area contributed by atoms with Crippen molar-refractivity contribution in [3.63, 3.8) is 0 Å². The van der Waals surface area contributed by atoms with Gasteiger partial charge in [-0.25, -0.2) is 12.8 Å². The van der Waals surface area contributed by atoms with Crippen molar-refractivity contribution in [2.75, 3.05) is 4.72 Å². The molecule has 5 nitrogen and oxygen atoms in total. The van der Waals surface area contributed by atoms with E-state index in [1.807, 2.05) is 6.92 Å². The Bertz CT molecular complexity index is 1000. The van der Waals surface area contributed by atoms with E-state index in [1.165, 1.54) is 29.1 Å². The highest BCUT2D eigenvalue weighted by molar-refractivity contribution is 7.92. The number of aromatic nitrogens is 2. The minimum atomic E-state index is -3.80. The first kappa shape index (κ1) is 17.4. The minimum absolute atomic E-state index is 0.00131. The van der Waals surface area contributed by atoms with Gasteiger partial charge in [0, 0.05) is 11.8 Å². The third-order valence-corrected chi connectivity index (χ3v) is 5.20. The van der Waals surface area contributed by atoms with Crippen molar-refractivity contribution < 1.29 is 12.8 Å². The molecule has 0 bridgehead atoms. The van der Waals surface area contributed by atoms with Crippen LogP contribution in [-0.4, -0.2) is 18.2 Å². The zero-order chi connectivity index (χ0) is 18.0. The molecular weight excluding hydrogens is 365 g/mol. The van der Waals surface area contributed by atoms with Crippen molar-refractivity contribution in [3.05, 3.63) is 76.7 Å². The topological polar surface area (TPSA) is 64.0 Å². The fourth-order valence-electron chi connectivity index (χ4n) is 2.25. The van der Waals surface area contributed by atoms with E-state index in [0.717, 1.165) is 5.56 Å². The maximum Gasteiger partial charge on any atom is 0.263 e. The lowest BCUT2D eigenvalue weighted by Crippen LogP contribution is -2.14. The first-order valence-corrected chi connectivity index (χ1v) is 9.27. The van der Waals surface area contributed by atoms with Crippen molar-refractivity contribution >= 4 is 27.4 Å². The van der Waals surface area contributed by atoms with Gasteiger partial charge in [-0.1, -0.05) is 47.5 Å². The van der Waals surface area contributed by atoms with Gasteiger partial charge in [0.05, 0.1) is 11.4 Å². The van der Waals surface area contributed by atoms with Gasteiger partial charge < -0.3 is 0 Å². The summed E-state index contributed by atoms with van der Waals surface area (Å²) in [6.07, 6.45) is 1.45. The summed E-state index contributed by atoms with van der Waals surface area (Å²) >= 11 is 6.07. The third kappa shape index (κ3) is 4.00. The van der Waals surface area contributed by atoms with Gasteiger partial charge in [-0.3, -0.25) is 9.40 Å². The minimum Gasteiger partial charge on any atom is -0.265 e. The highest BCUT2D eigenvalue weighted by atomic mass is 35.5. The molecule has 130 valence electrons. The number of hydrogen-bond donors (Lipinski definition) is 1. The lowest BCUT2D eigenvalue weighted by Gasteiger charge is -2.06. The Balaban J connectivity index is 1.83. The second-order valence-corrected chi connectivity index (χ2v) is 7.62. The molecular formula is C17H15ClFN3O2S. The second-order valence-electron chi connectivity index (χ2n) is 5.53. The molecule has 3 rings (SSSR count). The lowest BCUT2D eigenvalue weighted by molar-refractivity contribution is 0.585. The number of aryl methyl sites for hydroxylation is 1. The molecule has 0 saturated carbocycles. The quantitative estimate of drug-likeness (QED) is 0.732. The fraction of sp³-hybridized carbons (Fsp3) is 0.118. The number of nitrogens with one attached hydrogen (secondary N) is 1. The van der Waals surface area contributed by atoms with Crippen LogP contribution in [0.4, 0.5) is 10.2 Å². The molecule has 0 radical (unpaired) electrons. The van der Waals surface area contributed by atoms with E-state index in [4.69, 9.17) is 11.6 Å². The van der Waals surface area contributed by atoms with E-state index in [-0.39, 0.29) is 28.1 Å². The van der Waals surface area contributed by atoms with Crippen molar-refractivity contribution in [1.29, 1.82) is 0 Å². The first-order chi connectivity index (χ1) is 11.8. The van der Waals surface area contributed by atoms with Crippen LogP contribution in [0.25, 0.3) is 0 Å². The number of anilines is 1. The third-order valence-electron chi connectivity index (χ3n) is 3.57. The van der Waals surface area contributed by atoms with E-state index in [0.29, 0.717) is 5.56 Å². The summed E-state index contributed by atoms with van der Waals surface area (Å²) in [6.45, 7) is 2.00. The van der Waals surface area contributed by atoms with Crippen LogP contribution < -0.4 is 4.72 Å². The Morgan fingerprint density at radius 2 is 1.84 bits per heavy atom. The van der Waals surface area contributed by atoms with Crippen molar-refractivity contribution in [2.45, 2.75) is 18.4 Å². The molecule has 3 aromatic rings.